The van der Waals surface area contributed by atoms with Gasteiger partial charge >= 0.3 is 5.97 Å². The van der Waals surface area contributed by atoms with E-state index < -0.39 is 0 Å². The Hall–Kier alpha value is -0.870. The molecule has 1 aliphatic rings. The summed E-state index contributed by atoms with van der Waals surface area (Å²) in [6.45, 7) is 3.34. The average Bonchev–Trinajstić information content (AvgIpc) is 2.59. The average molecular weight is 199 g/mol. The summed E-state index contributed by atoms with van der Waals surface area (Å²) in [5.74, 6) is -0.361. The van der Waals surface area contributed by atoms with E-state index in [4.69, 9.17) is 15.2 Å². The molecule has 4 nitrogen and oxygen atoms in total. The molecule has 0 bridgehead atoms. The van der Waals surface area contributed by atoms with Crippen molar-refractivity contribution in [2.75, 3.05) is 19.8 Å². The van der Waals surface area contributed by atoms with Crippen molar-refractivity contribution in [1.29, 1.82) is 0 Å². The van der Waals surface area contributed by atoms with Gasteiger partial charge in [-0.2, -0.15) is 0 Å². The first-order chi connectivity index (χ1) is 6.74. The number of carbonyl (C=O) groups is 1. The molecule has 80 valence electrons. The maximum atomic E-state index is 11.4. The normalized spacial score (nSPS) is 25.3. The highest BCUT2D eigenvalue weighted by Crippen LogP contribution is 2.17. The smallest absolute Gasteiger partial charge is 0.312 e. The molecule has 0 aromatic rings. The number of rotatable bonds is 5. The highest BCUT2D eigenvalue weighted by molar-refractivity contribution is 5.75. The van der Waals surface area contributed by atoms with Crippen molar-refractivity contribution in [3.05, 3.63) is 12.2 Å². The highest BCUT2D eigenvalue weighted by Gasteiger charge is 2.23. The summed E-state index contributed by atoms with van der Waals surface area (Å²) in [6, 6.07) is -0.000517. The van der Waals surface area contributed by atoms with Crippen LogP contribution in [-0.4, -0.2) is 31.8 Å². The summed E-state index contributed by atoms with van der Waals surface area (Å²) < 4.78 is 10.1. The third-order valence-corrected chi connectivity index (χ3v) is 2.10. The molecule has 0 amide bonds. The van der Waals surface area contributed by atoms with E-state index in [0.717, 1.165) is 0 Å². The van der Waals surface area contributed by atoms with Crippen LogP contribution in [0.25, 0.3) is 0 Å². The van der Waals surface area contributed by atoms with E-state index in [-0.39, 0.29) is 17.9 Å². The molecular weight excluding hydrogens is 182 g/mol. The zero-order chi connectivity index (χ0) is 10.4. The number of esters is 1. The lowest BCUT2D eigenvalue weighted by molar-refractivity contribution is -0.148. The summed E-state index contributed by atoms with van der Waals surface area (Å²) in [7, 11) is 0. The second kappa shape index (κ2) is 5.78. The van der Waals surface area contributed by atoms with Crippen molar-refractivity contribution >= 4 is 5.97 Å². The van der Waals surface area contributed by atoms with Crippen LogP contribution in [0.4, 0.5) is 0 Å². The van der Waals surface area contributed by atoms with Gasteiger partial charge in [0.05, 0.1) is 12.5 Å². The van der Waals surface area contributed by atoms with Gasteiger partial charge in [-0.05, 0) is 13.3 Å². The second-order valence-electron chi connectivity index (χ2n) is 3.26. The van der Waals surface area contributed by atoms with Crippen LogP contribution in [0.2, 0.25) is 0 Å². The van der Waals surface area contributed by atoms with Crippen LogP contribution in [0.1, 0.15) is 13.3 Å². The van der Waals surface area contributed by atoms with Gasteiger partial charge in [-0.25, -0.2) is 0 Å². The molecule has 1 aliphatic carbocycles. The molecule has 2 atom stereocenters. The van der Waals surface area contributed by atoms with Gasteiger partial charge in [-0.3, -0.25) is 4.79 Å². The van der Waals surface area contributed by atoms with E-state index in [1.807, 2.05) is 19.1 Å². The van der Waals surface area contributed by atoms with Crippen LogP contribution in [0.3, 0.4) is 0 Å². The van der Waals surface area contributed by atoms with Crippen molar-refractivity contribution in [2.24, 2.45) is 11.7 Å². The monoisotopic (exact) mass is 199 g/mol. The Morgan fingerprint density at radius 1 is 1.50 bits per heavy atom. The predicted molar refractivity (Wildman–Crippen MR) is 52.7 cm³/mol. The Balaban J connectivity index is 2.13. The first kappa shape index (κ1) is 11.2. The summed E-state index contributed by atoms with van der Waals surface area (Å²) in [6.07, 6.45) is 4.32. The Morgan fingerprint density at radius 3 is 2.86 bits per heavy atom. The van der Waals surface area contributed by atoms with Crippen LogP contribution in [0.5, 0.6) is 0 Å². The Kier molecular flexibility index (Phi) is 4.62. The minimum absolute atomic E-state index is 0.000517. The molecule has 2 unspecified atom stereocenters. The molecule has 14 heavy (non-hydrogen) atoms. The Morgan fingerprint density at radius 2 is 2.29 bits per heavy atom. The molecule has 0 fully saturated rings. The molecule has 1 rings (SSSR count). The maximum Gasteiger partial charge on any atom is 0.312 e. The van der Waals surface area contributed by atoms with Gasteiger partial charge in [0, 0.05) is 12.6 Å². The molecule has 0 heterocycles. The van der Waals surface area contributed by atoms with E-state index in [1.54, 1.807) is 0 Å². The zero-order valence-electron chi connectivity index (χ0n) is 8.44. The van der Waals surface area contributed by atoms with Crippen LogP contribution in [0, 0.1) is 5.92 Å². The van der Waals surface area contributed by atoms with E-state index in [2.05, 4.69) is 0 Å². The number of carbonyl (C=O) groups excluding carboxylic acids is 1. The van der Waals surface area contributed by atoms with Gasteiger partial charge in [0.1, 0.15) is 6.61 Å². The lowest BCUT2D eigenvalue weighted by atomic mass is 10.1. The maximum absolute atomic E-state index is 11.4. The summed E-state index contributed by atoms with van der Waals surface area (Å²) in [5.41, 5.74) is 5.62. The van der Waals surface area contributed by atoms with Crippen molar-refractivity contribution in [3.8, 4) is 0 Å². The van der Waals surface area contributed by atoms with Crippen LogP contribution in [-0.2, 0) is 14.3 Å². The standard InChI is InChI=1S/C10H17NO3/c1-2-13-5-6-14-10(12)8-3-4-9(11)7-8/h3-4,8-9H,2,5-7,11H2,1H3. The molecule has 0 saturated carbocycles. The highest BCUT2D eigenvalue weighted by atomic mass is 16.6. The van der Waals surface area contributed by atoms with Gasteiger partial charge in [-0.15, -0.1) is 0 Å². The Bertz CT molecular complexity index is 215. The lowest BCUT2D eigenvalue weighted by Gasteiger charge is -2.09. The molecule has 0 aromatic heterocycles. The van der Waals surface area contributed by atoms with E-state index in [9.17, 15) is 4.79 Å². The summed E-state index contributed by atoms with van der Waals surface area (Å²) in [5, 5.41) is 0. The van der Waals surface area contributed by atoms with Gasteiger partial charge in [0.15, 0.2) is 0 Å². The number of hydrogen-bond acceptors (Lipinski definition) is 4. The SMILES string of the molecule is CCOCCOC(=O)C1C=CC(N)C1. The summed E-state index contributed by atoms with van der Waals surface area (Å²) in [4.78, 5) is 11.4. The van der Waals surface area contributed by atoms with Crippen molar-refractivity contribution < 1.29 is 14.3 Å². The molecule has 0 radical (unpaired) electrons. The fourth-order valence-electron chi connectivity index (χ4n) is 1.35. The van der Waals surface area contributed by atoms with E-state index in [1.165, 1.54) is 0 Å². The first-order valence-electron chi connectivity index (χ1n) is 4.92. The molecular formula is C10H17NO3. The topological polar surface area (TPSA) is 61.5 Å². The quantitative estimate of drug-likeness (QED) is 0.397. The molecule has 0 spiro atoms. The minimum Gasteiger partial charge on any atom is -0.463 e. The fourth-order valence-corrected chi connectivity index (χ4v) is 1.35. The molecule has 0 aliphatic heterocycles. The van der Waals surface area contributed by atoms with Gasteiger partial charge in [-0.1, -0.05) is 12.2 Å². The minimum atomic E-state index is -0.200. The number of nitrogens with two attached hydrogens (primary N) is 1. The Labute approximate surface area is 84.1 Å². The van der Waals surface area contributed by atoms with E-state index in [0.29, 0.717) is 26.2 Å². The fraction of sp³-hybridized carbons (Fsp3) is 0.700. The third-order valence-electron chi connectivity index (χ3n) is 2.10. The number of ether oxygens (including phenoxy) is 2. The molecule has 0 saturated heterocycles. The molecule has 0 aromatic carbocycles. The third kappa shape index (κ3) is 3.47. The molecule has 4 heteroatoms. The van der Waals surface area contributed by atoms with Crippen LogP contribution < -0.4 is 5.73 Å². The van der Waals surface area contributed by atoms with Gasteiger partial charge in [0.25, 0.3) is 0 Å². The van der Waals surface area contributed by atoms with Gasteiger partial charge < -0.3 is 15.2 Å². The van der Waals surface area contributed by atoms with Crippen molar-refractivity contribution in [1.82, 2.24) is 0 Å². The van der Waals surface area contributed by atoms with Crippen molar-refractivity contribution in [2.45, 2.75) is 19.4 Å². The number of hydrogen-bond donors (Lipinski definition) is 1. The van der Waals surface area contributed by atoms with Crippen LogP contribution in [0.15, 0.2) is 12.2 Å². The zero-order valence-corrected chi connectivity index (χ0v) is 8.44. The summed E-state index contributed by atoms with van der Waals surface area (Å²) >= 11 is 0. The second-order valence-corrected chi connectivity index (χ2v) is 3.26. The first-order valence-corrected chi connectivity index (χ1v) is 4.92. The van der Waals surface area contributed by atoms with Gasteiger partial charge in [0.2, 0.25) is 0 Å². The van der Waals surface area contributed by atoms with Crippen molar-refractivity contribution in [3.63, 3.8) is 0 Å². The predicted octanol–water partition coefficient (Wildman–Crippen LogP) is 0.469. The molecule has 2 N–H and O–H groups in total. The van der Waals surface area contributed by atoms with Crippen LogP contribution >= 0.6 is 0 Å². The van der Waals surface area contributed by atoms with E-state index >= 15 is 0 Å². The largest absolute Gasteiger partial charge is 0.463 e. The lowest BCUT2D eigenvalue weighted by Crippen LogP contribution is -2.21.